The standard InChI is InChI=1S/C59H106O6/c1-4-7-10-13-16-19-22-25-28-30-32-34-37-40-43-46-49-52-58(61)64-55-56(54-63-57(60)51-48-45-42-39-36-33-27-24-21-18-15-12-9-6-3)65-59(62)53-50-47-44-41-38-35-31-29-26-23-20-17-14-11-8-5-2/h8,11,17,20,26,29,35,38,56H,4-7,9-10,12-16,18-19,21-25,27-28,30-34,36-37,39-55H2,1-3H3/b11-8-,20-17-,29-26-,38-35-. The molecule has 0 aromatic rings. The van der Waals surface area contributed by atoms with E-state index in [9.17, 15) is 14.4 Å². The maximum absolute atomic E-state index is 12.8. The van der Waals surface area contributed by atoms with E-state index in [1.165, 1.54) is 161 Å². The highest BCUT2D eigenvalue weighted by atomic mass is 16.6. The summed E-state index contributed by atoms with van der Waals surface area (Å²) in [5, 5.41) is 0. The van der Waals surface area contributed by atoms with Gasteiger partial charge in [0, 0.05) is 19.3 Å². The van der Waals surface area contributed by atoms with E-state index in [0.29, 0.717) is 19.3 Å². The fourth-order valence-corrected chi connectivity index (χ4v) is 8.14. The summed E-state index contributed by atoms with van der Waals surface area (Å²) in [6.45, 7) is 6.54. The zero-order valence-corrected chi connectivity index (χ0v) is 43.3. The monoisotopic (exact) mass is 911 g/mol. The van der Waals surface area contributed by atoms with Crippen molar-refractivity contribution in [3.05, 3.63) is 48.6 Å². The van der Waals surface area contributed by atoms with E-state index < -0.39 is 6.10 Å². The minimum Gasteiger partial charge on any atom is -0.462 e. The molecule has 0 aromatic carbocycles. The Morgan fingerprint density at radius 3 is 0.938 bits per heavy atom. The van der Waals surface area contributed by atoms with Gasteiger partial charge in [0.05, 0.1) is 0 Å². The van der Waals surface area contributed by atoms with Crippen LogP contribution in [0.3, 0.4) is 0 Å². The highest BCUT2D eigenvalue weighted by molar-refractivity contribution is 5.71. The molecule has 0 fully saturated rings. The molecule has 0 aromatic heterocycles. The predicted octanol–water partition coefficient (Wildman–Crippen LogP) is 18.7. The van der Waals surface area contributed by atoms with Gasteiger partial charge in [0.1, 0.15) is 13.2 Å². The summed E-state index contributed by atoms with van der Waals surface area (Å²) < 4.78 is 16.8. The zero-order valence-electron chi connectivity index (χ0n) is 43.3. The lowest BCUT2D eigenvalue weighted by molar-refractivity contribution is -0.167. The number of esters is 3. The summed E-state index contributed by atoms with van der Waals surface area (Å²) in [7, 11) is 0. The fraction of sp³-hybridized carbons (Fsp3) is 0.814. The van der Waals surface area contributed by atoms with Gasteiger partial charge in [-0.1, -0.05) is 262 Å². The van der Waals surface area contributed by atoms with E-state index in [-0.39, 0.29) is 31.1 Å². The lowest BCUT2D eigenvalue weighted by Crippen LogP contribution is -2.30. The van der Waals surface area contributed by atoms with Crippen molar-refractivity contribution in [1.29, 1.82) is 0 Å². The molecule has 0 aliphatic rings. The van der Waals surface area contributed by atoms with E-state index in [4.69, 9.17) is 14.2 Å². The van der Waals surface area contributed by atoms with E-state index >= 15 is 0 Å². The minimum absolute atomic E-state index is 0.0818. The summed E-state index contributed by atoms with van der Waals surface area (Å²) in [6, 6.07) is 0. The van der Waals surface area contributed by atoms with Crippen molar-refractivity contribution in [3.63, 3.8) is 0 Å². The average molecular weight is 911 g/mol. The van der Waals surface area contributed by atoms with Crippen LogP contribution in [0.2, 0.25) is 0 Å². The van der Waals surface area contributed by atoms with Gasteiger partial charge in [0.15, 0.2) is 6.10 Å². The van der Waals surface area contributed by atoms with Crippen LogP contribution in [0.4, 0.5) is 0 Å². The second-order valence-corrected chi connectivity index (χ2v) is 18.8. The molecule has 65 heavy (non-hydrogen) atoms. The van der Waals surface area contributed by atoms with Gasteiger partial charge in [0.2, 0.25) is 0 Å². The Balaban J connectivity index is 4.39. The number of hydrogen-bond acceptors (Lipinski definition) is 6. The molecule has 0 bridgehead atoms. The SMILES string of the molecule is CC/C=C\C/C=C\C/C=C\C/C=C\CCCCCC(=O)OC(COC(=O)CCCCCCCCCCCCCCCC)COC(=O)CCCCCCCCCCCCCCCCCCC. The van der Waals surface area contributed by atoms with Crippen LogP contribution in [-0.4, -0.2) is 37.2 Å². The predicted molar refractivity (Wildman–Crippen MR) is 279 cm³/mol. The lowest BCUT2D eigenvalue weighted by Gasteiger charge is -2.18. The fourth-order valence-electron chi connectivity index (χ4n) is 8.14. The summed E-state index contributed by atoms with van der Waals surface area (Å²) in [4.78, 5) is 38.1. The minimum atomic E-state index is -0.785. The van der Waals surface area contributed by atoms with Gasteiger partial charge in [0.25, 0.3) is 0 Å². The topological polar surface area (TPSA) is 78.9 Å². The number of ether oxygens (including phenoxy) is 3. The second-order valence-electron chi connectivity index (χ2n) is 18.8. The summed E-state index contributed by atoms with van der Waals surface area (Å²) in [5.41, 5.74) is 0. The lowest BCUT2D eigenvalue weighted by atomic mass is 10.0. The molecule has 6 heteroatoms. The molecular formula is C59H106O6. The summed E-state index contributed by atoms with van der Waals surface area (Å²) in [5.74, 6) is -0.898. The quantitative estimate of drug-likeness (QED) is 0.0262. The summed E-state index contributed by atoms with van der Waals surface area (Å²) >= 11 is 0. The molecule has 0 spiro atoms. The largest absolute Gasteiger partial charge is 0.462 e. The first-order chi connectivity index (χ1) is 32.0. The van der Waals surface area contributed by atoms with Crippen LogP contribution in [0.1, 0.15) is 290 Å². The molecule has 1 atom stereocenters. The van der Waals surface area contributed by atoms with Gasteiger partial charge < -0.3 is 14.2 Å². The molecule has 6 nitrogen and oxygen atoms in total. The third-order valence-electron chi connectivity index (χ3n) is 12.3. The molecule has 0 aliphatic carbocycles. The third-order valence-corrected chi connectivity index (χ3v) is 12.3. The molecule has 0 radical (unpaired) electrons. The molecule has 1 unspecified atom stereocenters. The smallest absolute Gasteiger partial charge is 0.306 e. The number of allylic oxidation sites excluding steroid dienone is 8. The van der Waals surface area contributed by atoms with Gasteiger partial charge in [-0.25, -0.2) is 0 Å². The second kappa shape index (κ2) is 54.0. The van der Waals surface area contributed by atoms with Crippen molar-refractivity contribution in [2.75, 3.05) is 13.2 Å². The Labute approximate surface area is 403 Å². The number of carbonyl (C=O) groups is 3. The van der Waals surface area contributed by atoms with Crippen molar-refractivity contribution in [2.45, 2.75) is 297 Å². The number of carbonyl (C=O) groups excluding carboxylic acids is 3. The van der Waals surface area contributed by atoms with Crippen LogP contribution >= 0.6 is 0 Å². The molecular weight excluding hydrogens is 805 g/mol. The Kier molecular flexibility index (Phi) is 51.8. The maximum Gasteiger partial charge on any atom is 0.306 e. The van der Waals surface area contributed by atoms with Gasteiger partial charge >= 0.3 is 17.9 Å². The van der Waals surface area contributed by atoms with Gasteiger partial charge in [-0.2, -0.15) is 0 Å². The van der Waals surface area contributed by atoms with E-state index in [2.05, 4.69) is 69.4 Å². The summed E-state index contributed by atoms with van der Waals surface area (Å²) in [6.07, 6.45) is 65.3. The molecule has 0 aliphatic heterocycles. The number of rotatable bonds is 51. The molecule has 0 saturated heterocycles. The van der Waals surface area contributed by atoms with E-state index in [0.717, 1.165) is 89.9 Å². The average Bonchev–Trinajstić information content (AvgIpc) is 3.30. The maximum atomic E-state index is 12.8. The van der Waals surface area contributed by atoms with Gasteiger partial charge in [-0.05, 0) is 57.8 Å². The zero-order chi connectivity index (χ0) is 47.2. The third kappa shape index (κ3) is 52.2. The first-order valence-electron chi connectivity index (χ1n) is 28.1. The Hall–Kier alpha value is -2.63. The molecule has 0 N–H and O–H groups in total. The molecule has 0 rings (SSSR count). The van der Waals surface area contributed by atoms with Crippen molar-refractivity contribution < 1.29 is 28.6 Å². The molecule has 0 saturated carbocycles. The highest BCUT2D eigenvalue weighted by Crippen LogP contribution is 2.16. The molecule has 0 amide bonds. The Bertz CT molecular complexity index is 1140. The first-order valence-corrected chi connectivity index (χ1v) is 28.1. The highest BCUT2D eigenvalue weighted by Gasteiger charge is 2.19. The Morgan fingerprint density at radius 2 is 0.600 bits per heavy atom. The Morgan fingerprint density at radius 1 is 0.323 bits per heavy atom. The van der Waals surface area contributed by atoms with Crippen LogP contribution in [-0.2, 0) is 28.6 Å². The van der Waals surface area contributed by atoms with Crippen LogP contribution in [0, 0.1) is 0 Å². The van der Waals surface area contributed by atoms with Crippen LogP contribution in [0.25, 0.3) is 0 Å². The van der Waals surface area contributed by atoms with Crippen molar-refractivity contribution in [3.8, 4) is 0 Å². The van der Waals surface area contributed by atoms with Gasteiger partial charge in [-0.3, -0.25) is 14.4 Å². The van der Waals surface area contributed by atoms with Crippen LogP contribution < -0.4 is 0 Å². The van der Waals surface area contributed by atoms with Crippen molar-refractivity contribution in [1.82, 2.24) is 0 Å². The van der Waals surface area contributed by atoms with Crippen molar-refractivity contribution >= 4 is 17.9 Å². The van der Waals surface area contributed by atoms with E-state index in [1.807, 2.05) is 0 Å². The van der Waals surface area contributed by atoms with Gasteiger partial charge in [-0.15, -0.1) is 0 Å². The number of unbranched alkanes of at least 4 members (excludes halogenated alkanes) is 32. The molecule has 0 heterocycles. The molecule has 378 valence electrons. The van der Waals surface area contributed by atoms with Crippen LogP contribution in [0.15, 0.2) is 48.6 Å². The van der Waals surface area contributed by atoms with Crippen LogP contribution in [0.5, 0.6) is 0 Å². The van der Waals surface area contributed by atoms with Crippen molar-refractivity contribution in [2.24, 2.45) is 0 Å². The van der Waals surface area contributed by atoms with E-state index in [1.54, 1.807) is 0 Å². The number of hydrogen-bond donors (Lipinski definition) is 0. The first kappa shape index (κ1) is 62.4. The normalized spacial score (nSPS) is 12.4.